The van der Waals surface area contributed by atoms with Crippen molar-refractivity contribution in [1.82, 2.24) is 4.31 Å². The summed E-state index contributed by atoms with van der Waals surface area (Å²) in [6.07, 6.45) is 1.35. The number of hydrogen-bond acceptors (Lipinski definition) is 5. The largest absolute Gasteiger partial charge is 0.492 e. The van der Waals surface area contributed by atoms with Crippen LogP contribution in [0.15, 0.2) is 53.4 Å². The Morgan fingerprint density at radius 3 is 2.48 bits per heavy atom. The van der Waals surface area contributed by atoms with E-state index in [1.807, 2.05) is 30.3 Å². The van der Waals surface area contributed by atoms with Crippen LogP contribution >= 0.6 is 0 Å². The highest BCUT2D eigenvalue weighted by Gasteiger charge is 2.30. The molecular formula is C20H26N2O5S2. The first-order chi connectivity index (χ1) is 13.8. The molecule has 0 spiro atoms. The van der Waals surface area contributed by atoms with Crippen molar-refractivity contribution in [2.24, 2.45) is 0 Å². The summed E-state index contributed by atoms with van der Waals surface area (Å²) >= 11 is 0. The van der Waals surface area contributed by atoms with Crippen LogP contribution in [-0.2, 0) is 26.6 Å². The molecular weight excluding hydrogens is 412 g/mol. The summed E-state index contributed by atoms with van der Waals surface area (Å²) in [5.74, 6) is 0.279. The van der Waals surface area contributed by atoms with Gasteiger partial charge in [-0.15, -0.1) is 0 Å². The zero-order valence-electron chi connectivity index (χ0n) is 16.6. The lowest BCUT2D eigenvalue weighted by Gasteiger charge is -2.29. The van der Waals surface area contributed by atoms with Crippen LogP contribution in [0.3, 0.4) is 0 Å². The Labute approximate surface area is 173 Å². The maximum absolute atomic E-state index is 13.3. The minimum Gasteiger partial charge on any atom is -0.492 e. The fraction of sp³-hybridized carbons (Fsp3) is 0.400. The van der Waals surface area contributed by atoms with Gasteiger partial charge in [0.15, 0.2) is 0 Å². The Morgan fingerprint density at radius 1 is 1.10 bits per heavy atom. The van der Waals surface area contributed by atoms with E-state index >= 15 is 0 Å². The summed E-state index contributed by atoms with van der Waals surface area (Å²) in [6, 6.07) is 13.8. The van der Waals surface area contributed by atoms with E-state index in [1.165, 1.54) is 27.8 Å². The molecule has 0 aliphatic carbocycles. The number of ether oxygens (including phenoxy) is 1. The van der Waals surface area contributed by atoms with Gasteiger partial charge in [-0.05, 0) is 43.5 Å². The third-order valence-corrected chi connectivity index (χ3v) is 8.49. The van der Waals surface area contributed by atoms with E-state index in [0.29, 0.717) is 25.3 Å². The smallest absolute Gasteiger partial charge is 0.246 e. The van der Waals surface area contributed by atoms with Gasteiger partial charge in [0.25, 0.3) is 0 Å². The maximum atomic E-state index is 13.3. The fourth-order valence-electron chi connectivity index (χ4n) is 3.30. The molecule has 0 saturated carbocycles. The highest BCUT2D eigenvalue weighted by Crippen LogP contribution is 2.33. The normalized spacial score (nSPS) is 16.7. The zero-order chi connectivity index (χ0) is 21.1. The molecule has 1 heterocycles. The first-order valence-corrected chi connectivity index (χ1v) is 12.6. The van der Waals surface area contributed by atoms with Crippen LogP contribution in [0.2, 0.25) is 0 Å². The molecule has 0 radical (unpaired) electrons. The Bertz CT molecular complexity index is 1050. The van der Waals surface area contributed by atoms with Crippen molar-refractivity contribution < 1.29 is 21.6 Å². The first kappa shape index (κ1) is 21.6. The predicted molar refractivity (Wildman–Crippen MR) is 113 cm³/mol. The van der Waals surface area contributed by atoms with Crippen LogP contribution in [0, 0.1) is 0 Å². The van der Waals surface area contributed by atoms with Crippen molar-refractivity contribution in [3.8, 4) is 5.75 Å². The molecule has 1 aliphatic rings. The molecule has 2 aromatic carbocycles. The summed E-state index contributed by atoms with van der Waals surface area (Å²) in [6.45, 7) is 2.61. The van der Waals surface area contributed by atoms with Gasteiger partial charge in [-0.3, -0.25) is 4.31 Å². The van der Waals surface area contributed by atoms with E-state index in [0.717, 1.165) is 12.0 Å². The number of anilines is 1. The minimum atomic E-state index is -3.90. The second kappa shape index (κ2) is 8.73. The van der Waals surface area contributed by atoms with Crippen LogP contribution in [0.4, 0.5) is 5.69 Å². The van der Waals surface area contributed by atoms with Gasteiger partial charge < -0.3 is 4.74 Å². The van der Waals surface area contributed by atoms with Crippen LogP contribution in [-0.4, -0.2) is 47.1 Å². The molecule has 9 heteroatoms. The van der Waals surface area contributed by atoms with Crippen molar-refractivity contribution in [2.75, 3.05) is 30.3 Å². The van der Waals surface area contributed by atoms with Crippen molar-refractivity contribution in [3.05, 3.63) is 54.1 Å². The summed E-state index contributed by atoms with van der Waals surface area (Å²) in [7, 11) is -5.85. The van der Waals surface area contributed by atoms with Crippen molar-refractivity contribution >= 4 is 25.7 Å². The quantitative estimate of drug-likeness (QED) is 0.664. The van der Waals surface area contributed by atoms with Gasteiger partial charge in [-0.25, -0.2) is 16.8 Å². The second-order valence-electron chi connectivity index (χ2n) is 6.91. The van der Waals surface area contributed by atoms with Gasteiger partial charge in [0, 0.05) is 20.1 Å². The third kappa shape index (κ3) is 4.73. The average Bonchev–Trinajstić information content (AvgIpc) is 2.69. The van der Waals surface area contributed by atoms with Crippen molar-refractivity contribution in [1.29, 1.82) is 0 Å². The monoisotopic (exact) mass is 438 g/mol. The van der Waals surface area contributed by atoms with E-state index in [9.17, 15) is 16.8 Å². The third-order valence-electron chi connectivity index (χ3n) is 4.80. The number of sulfonamides is 2. The molecule has 0 atom stereocenters. The molecule has 1 aliphatic heterocycles. The van der Waals surface area contributed by atoms with Gasteiger partial charge in [0.2, 0.25) is 20.0 Å². The molecule has 0 N–H and O–H groups in total. The van der Waals surface area contributed by atoms with Gasteiger partial charge in [-0.1, -0.05) is 30.3 Å². The van der Waals surface area contributed by atoms with E-state index in [4.69, 9.17) is 4.74 Å². The molecule has 0 amide bonds. The highest BCUT2D eigenvalue weighted by atomic mass is 32.2. The van der Waals surface area contributed by atoms with Gasteiger partial charge in [0.05, 0.1) is 18.0 Å². The molecule has 2 aromatic rings. The molecule has 0 unspecified atom stereocenters. The lowest BCUT2D eigenvalue weighted by atomic mass is 10.2. The number of rotatable bonds is 7. The SMILES string of the molecule is CCOc1ccc(N2CCCCS2(=O)=O)cc1S(=O)(=O)N(C)Cc1ccccc1. The Hall–Kier alpha value is -2.10. The summed E-state index contributed by atoms with van der Waals surface area (Å²) in [5.41, 5.74) is 1.20. The van der Waals surface area contributed by atoms with Crippen LogP contribution in [0.1, 0.15) is 25.3 Å². The molecule has 7 nitrogen and oxygen atoms in total. The molecule has 1 fully saturated rings. The standard InChI is InChI=1S/C20H26N2O5S2/c1-3-27-19-12-11-18(22-13-7-8-14-28(22,23)24)15-20(19)29(25,26)21(2)16-17-9-5-4-6-10-17/h4-6,9-12,15H,3,7-8,13-14,16H2,1-2H3. The summed E-state index contributed by atoms with van der Waals surface area (Å²) in [4.78, 5) is -0.0314. The van der Waals surface area contributed by atoms with Crippen LogP contribution in [0.25, 0.3) is 0 Å². The molecule has 0 bridgehead atoms. The highest BCUT2D eigenvalue weighted by molar-refractivity contribution is 7.92. The first-order valence-electron chi connectivity index (χ1n) is 9.53. The topological polar surface area (TPSA) is 84.0 Å². The molecule has 3 rings (SSSR count). The fourth-order valence-corrected chi connectivity index (χ4v) is 6.24. The number of nitrogens with zero attached hydrogens (tertiary/aromatic N) is 2. The summed E-state index contributed by atoms with van der Waals surface area (Å²) in [5, 5.41) is 0. The summed E-state index contributed by atoms with van der Waals surface area (Å²) < 4.78 is 59.6. The lowest BCUT2D eigenvalue weighted by Crippen LogP contribution is -2.38. The zero-order valence-corrected chi connectivity index (χ0v) is 18.2. The van der Waals surface area contributed by atoms with Gasteiger partial charge >= 0.3 is 0 Å². The van der Waals surface area contributed by atoms with E-state index in [1.54, 1.807) is 13.0 Å². The van der Waals surface area contributed by atoms with Gasteiger partial charge in [0.1, 0.15) is 10.6 Å². The van der Waals surface area contributed by atoms with E-state index in [-0.39, 0.29) is 22.9 Å². The Balaban J connectivity index is 2.01. The van der Waals surface area contributed by atoms with Crippen molar-refractivity contribution in [2.45, 2.75) is 31.2 Å². The average molecular weight is 439 g/mol. The second-order valence-corrected chi connectivity index (χ2v) is 10.9. The maximum Gasteiger partial charge on any atom is 0.246 e. The molecule has 1 saturated heterocycles. The van der Waals surface area contributed by atoms with Crippen LogP contribution in [0.5, 0.6) is 5.75 Å². The number of benzene rings is 2. The van der Waals surface area contributed by atoms with Crippen LogP contribution < -0.4 is 9.04 Å². The predicted octanol–water partition coefficient (Wildman–Crippen LogP) is 2.84. The van der Waals surface area contributed by atoms with Gasteiger partial charge in [-0.2, -0.15) is 4.31 Å². The molecule has 0 aromatic heterocycles. The van der Waals surface area contributed by atoms with E-state index in [2.05, 4.69) is 0 Å². The van der Waals surface area contributed by atoms with Crippen molar-refractivity contribution in [3.63, 3.8) is 0 Å². The Kier molecular flexibility index (Phi) is 6.50. The van der Waals surface area contributed by atoms with E-state index < -0.39 is 20.0 Å². The molecule has 158 valence electrons. The lowest BCUT2D eigenvalue weighted by molar-refractivity contribution is 0.329. The molecule has 29 heavy (non-hydrogen) atoms. The number of hydrogen-bond donors (Lipinski definition) is 0. The Morgan fingerprint density at radius 2 is 1.83 bits per heavy atom. The minimum absolute atomic E-state index is 0.0314.